The molecule has 0 saturated heterocycles. The number of hydrogen-bond donors (Lipinski definition) is 0. The van der Waals surface area contributed by atoms with Gasteiger partial charge in [-0.25, -0.2) is 0 Å². The van der Waals surface area contributed by atoms with Gasteiger partial charge in [0.05, 0.1) is 0 Å². The second kappa shape index (κ2) is 76.4. The SMILES string of the molecule is [C-]#CC.[C-]#CC.[CH2]=[Pt]. The van der Waals surface area contributed by atoms with Crippen molar-refractivity contribution in [3.05, 3.63) is 12.8 Å². The molecule has 0 N–H and O–H groups in total. The van der Waals surface area contributed by atoms with E-state index in [0.717, 1.165) is 0 Å². The van der Waals surface area contributed by atoms with E-state index in [1.807, 2.05) is 31.2 Å². The molecule has 0 nitrogen and oxygen atoms in total. The molecule has 0 aromatic rings. The maximum absolute atomic E-state index is 5.96. The first kappa shape index (κ1) is 15.6. The van der Waals surface area contributed by atoms with Crippen LogP contribution in [0.5, 0.6) is 0 Å². The van der Waals surface area contributed by atoms with Gasteiger partial charge in [0, 0.05) is 0 Å². The van der Waals surface area contributed by atoms with E-state index in [2.05, 4.69) is 4.90 Å². The van der Waals surface area contributed by atoms with Crippen molar-refractivity contribution in [3.63, 3.8) is 0 Å². The van der Waals surface area contributed by atoms with Crippen LogP contribution < -0.4 is 0 Å². The summed E-state index contributed by atoms with van der Waals surface area (Å²) in [6, 6.07) is 0. The van der Waals surface area contributed by atoms with Crippen LogP contribution in [-0.4, -0.2) is 4.90 Å². The zero-order valence-electron chi connectivity index (χ0n) is 5.02. The Bertz CT molecular complexity index is 69.5. The average Bonchev–Trinajstić information content (AvgIpc) is 1.75. The van der Waals surface area contributed by atoms with Gasteiger partial charge >= 0.3 is 24.3 Å². The molecule has 0 aromatic heterocycles. The standard InChI is InChI=1S/2C3H3.CH2.Pt/c2*1-3-2;;/h2*1H3;1H2;/q2*-1;;. The Hall–Kier alpha value is -0.322. The number of hydrogen-bond acceptors (Lipinski definition) is 0. The van der Waals surface area contributed by atoms with Crippen LogP contribution in [0.2, 0.25) is 0 Å². The molecule has 0 aliphatic rings. The van der Waals surface area contributed by atoms with Crippen molar-refractivity contribution in [2.45, 2.75) is 13.8 Å². The van der Waals surface area contributed by atoms with Gasteiger partial charge in [0.25, 0.3) is 0 Å². The summed E-state index contributed by atoms with van der Waals surface area (Å²) in [6.07, 6.45) is 11.9. The molecule has 0 amide bonds. The first-order valence-corrected chi connectivity index (χ1v) is 3.33. The first-order valence-electron chi connectivity index (χ1n) is 1.72. The summed E-state index contributed by atoms with van der Waals surface area (Å²) in [5, 5.41) is 0. The average molecular weight is 287 g/mol. The first-order chi connectivity index (χ1) is 3.83. The van der Waals surface area contributed by atoms with Gasteiger partial charge in [-0.05, 0) is 13.8 Å². The normalized spacial score (nSPS) is 2.75. The summed E-state index contributed by atoms with van der Waals surface area (Å²) in [5.41, 5.74) is 0. The predicted molar refractivity (Wildman–Crippen MR) is 32.7 cm³/mol. The third-order valence-electron chi connectivity index (χ3n) is 0. The number of rotatable bonds is 0. The van der Waals surface area contributed by atoms with Crippen molar-refractivity contribution < 1.29 is 19.4 Å². The monoisotopic (exact) mass is 287 g/mol. The van der Waals surface area contributed by atoms with Crippen LogP contribution in [0.3, 0.4) is 0 Å². The van der Waals surface area contributed by atoms with Gasteiger partial charge in [-0.1, -0.05) is 0 Å². The van der Waals surface area contributed by atoms with E-state index < -0.39 is 0 Å². The van der Waals surface area contributed by atoms with Crippen LogP contribution in [0.25, 0.3) is 0 Å². The van der Waals surface area contributed by atoms with Crippen LogP contribution in [-0.2, 0) is 19.4 Å². The van der Waals surface area contributed by atoms with Crippen LogP contribution in [0, 0.1) is 24.7 Å². The quantitative estimate of drug-likeness (QED) is 0.463. The molecule has 0 aromatic carbocycles. The van der Waals surface area contributed by atoms with Crippen LogP contribution in [0.4, 0.5) is 0 Å². The zero-order chi connectivity index (χ0) is 7.41. The van der Waals surface area contributed by atoms with E-state index in [4.69, 9.17) is 12.8 Å². The molecule has 0 unspecified atom stereocenters. The molecule has 0 atom stereocenters. The van der Waals surface area contributed by atoms with Gasteiger partial charge in [-0.15, -0.1) is 0 Å². The molecule has 1 heteroatoms. The van der Waals surface area contributed by atoms with Gasteiger partial charge in [-0.2, -0.15) is 0 Å². The van der Waals surface area contributed by atoms with Crippen molar-refractivity contribution in [1.82, 2.24) is 0 Å². The van der Waals surface area contributed by atoms with Crippen LogP contribution >= 0.6 is 0 Å². The van der Waals surface area contributed by atoms with Gasteiger partial charge < -0.3 is 24.7 Å². The van der Waals surface area contributed by atoms with E-state index in [0.29, 0.717) is 0 Å². The molecular formula is C7H8Pt-2. The van der Waals surface area contributed by atoms with Crippen molar-refractivity contribution in [2.75, 3.05) is 0 Å². The minimum atomic E-state index is 1.54. The fourth-order valence-corrected chi connectivity index (χ4v) is 0. The Morgan fingerprint density at radius 2 is 1.12 bits per heavy atom. The van der Waals surface area contributed by atoms with E-state index in [9.17, 15) is 0 Å². The molecule has 0 bridgehead atoms. The van der Waals surface area contributed by atoms with E-state index >= 15 is 0 Å². The topological polar surface area (TPSA) is 0 Å². The summed E-state index contributed by atoms with van der Waals surface area (Å²) < 4.78 is 0. The predicted octanol–water partition coefficient (Wildman–Crippen LogP) is 1.16. The molecule has 0 radical (unpaired) electrons. The van der Waals surface area contributed by atoms with Crippen molar-refractivity contribution in [1.29, 1.82) is 0 Å². The Morgan fingerprint density at radius 3 is 1.12 bits per heavy atom. The Balaban J connectivity index is -0.0000000483. The second-order valence-electron chi connectivity index (χ2n) is 0.500. The van der Waals surface area contributed by atoms with E-state index in [1.165, 1.54) is 0 Å². The van der Waals surface area contributed by atoms with Crippen molar-refractivity contribution in [3.8, 4) is 11.8 Å². The molecule has 0 rings (SSSR count). The molecule has 0 spiro atoms. The summed E-state index contributed by atoms with van der Waals surface area (Å²) in [5.74, 6) is 4.00. The maximum atomic E-state index is 5.96. The summed E-state index contributed by atoms with van der Waals surface area (Å²) in [7, 11) is 0. The molecule has 0 aliphatic heterocycles. The van der Waals surface area contributed by atoms with Crippen molar-refractivity contribution in [2.24, 2.45) is 0 Å². The fraction of sp³-hybridized carbons (Fsp3) is 0.286. The second-order valence-corrected chi connectivity index (χ2v) is 0.500. The molecule has 0 aliphatic carbocycles. The molecule has 0 fully saturated rings. The van der Waals surface area contributed by atoms with Crippen molar-refractivity contribution >= 4 is 4.90 Å². The molecule has 48 valence electrons. The molecule has 8 heavy (non-hydrogen) atoms. The fourth-order valence-electron chi connectivity index (χ4n) is 0. The summed E-state index contributed by atoms with van der Waals surface area (Å²) in [4.78, 5) is 3.22. The van der Waals surface area contributed by atoms with Crippen LogP contribution in [0.15, 0.2) is 0 Å². The Kier molecular flexibility index (Phi) is 150. The Morgan fingerprint density at radius 1 is 1.12 bits per heavy atom. The van der Waals surface area contributed by atoms with Gasteiger partial charge in [-0.3, -0.25) is 0 Å². The third-order valence-corrected chi connectivity index (χ3v) is 0. The molecular weight excluding hydrogens is 279 g/mol. The van der Waals surface area contributed by atoms with Gasteiger partial charge in [0.2, 0.25) is 0 Å². The van der Waals surface area contributed by atoms with Gasteiger partial charge in [0.15, 0.2) is 0 Å². The summed E-state index contributed by atoms with van der Waals surface area (Å²) in [6.45, 7) is 3.08. The summed E-state index contributed by atoms with van der Waals surface area (Å²) >= 11 is 1.89. The Labute approximate surface area is 63.1 Å². The van der Waals surface area contributed by atoms with Crippen LogP contribution in [0.1, 0.15) is 13.8 Å². The van der Waals surface area contributed by atoms with E-state index in [1.54, 1.807) is 13.8 Å². The van der Waals surface area contributed by atoms with E-state index in [-0.39, 0.29) is 0 Å². The minimum absolute atomic E-state index is 1.54. The van der Waals surface area contributed by atoms with Gasteiger partial charge in [0.1, 0.15) is 0 Å². The zero-order valence-corrected chi connectivity index (χ0v) is 7.30. The molecule has 0 saturated carbocycles. The molecule has 0 heterocycles. The third kappa shape index (κ3) is 1200.